The molecule has 34 heavy (non-hydrogen) atoms. The molecule has 0 fully saturated rings. The number of nitro groups is 1. The van der Waals surface area contributed by atoms with E-state index in [1.54, 1.807) is 57.4 Å². The lowest BCUT2D eigenvalue weighted by molar-refractivity contribution is -0.385. The molecule has 0 aliphatic carbocycles. The van der Waals surface area contributed by atoms with E-state index in [0.29, 0.717) is 22.5 Å². The highest BCUT2D eigenvalue weighted by atomic mass is 16.6. The van der Waals surface area contributed by atoms with Crippen LogP contribution in [-0.4, -0.2) is 29.6 Å². The minimum absolute atomic E-state index is 0.0536. The van der Waals surface area contributed by atoms with Gasteiger partial charge in [-0.25, -0.2) is 5.43 Å². The molecule has 2 N–H and O–H groups in total. The minimum Gasteiger partial charge on any atom is -0.497 e. The molecule has 3 aromatic carbocycles. The quantitative estimate of drug-likeness (QED) is 0.296. The van der Waals surface area contributed by atoms with Crippen molar-refractivity contribution in [3.63, 3.8) is 0 Å². The Morgan fingerprint density at radius 3 is 2.41 bits per heavy atom. The Bertz CT molecular complexity index is 1250. The first kappa shape index (κ1) is 24.1. The molecule has 0 radical (unpaired) electrons. The second-order valence-corrected chi connectivity index (χ2v) is 7.55. The zero-order valence-electron chi connectivity index (χ0n) is 19.0. The number of rotatable bonds is 8. The van der Waals surface area contributed by atoms with Gasteiger partial charge in [0.05, 0.1) is 24.2 Å². The molecule has 0 aliphatic heterocycles. The van der Waals surface area contributed by atoms with E-state index in [4.69, 9.17) is 4.74 Å². The number of carbonyl (C=O) groups excluding carboxylic acids is 2. The summed E-state index contributed by atoms with van der Waals surface area (Å²) in [5.74, 6) is 0.0717. The molecular weight excluding hydrogens is 436 g/mol. The SMILES string of the molecule is COc1ccc(CC(=O)Nc2cccc(/C(C)=N\NC(=O)c3ccc([N+](=O)[O-])c(C)c3)c2)cc1. The zero-order valence-corrected chi connectivity index (χ0v) is 19.0. The highest BCUT2D eigenvalue weighted by molar-refractivity contribution is 6.02. The van der Waals surface area contributed by atoms with E-state index in [-0.39, 0.29) is 23.6 Å². The number of aryl methyl sites for hydroxylation is 1. The summed E-state index contributed by atoms with van der Waals surface area (Å²) in [5, 5.41) is 17.9. The van der Waals surface area contributed by atoms with Gasteiger partial charge in [-0.2, -0.15) is 5.10 Å². The number of nitrogens with zero attached hydrogens (tertiary/aromatic N) is 2. The van der Waals surface area contributed by atoms with Gasteiger partial charge in [-0.05, 0) is 61.4 Å². The molecular formula is C25H24N4O5. The number of amides is 2. The fourth-order valence-electron chi connectivity index (χ4n) is 3.22. The summed E-state index contributed by atoms with van der Waals surface area (Å²) in [6, 6.07) is 18.5. The molecule has 9 heteroatoms. The normalized spacial score (nSPS) is 11.0. The summed E-state index contributed by atoms with van der Waals surface area (Å²) >= 11 is 0. The third kappa shape index (κ3) is 6.26. The lowest BCUT2D eigenvalue weighted by Gasteiger charge is -2.09. The van der Waals surface area contributed by atoms with Crippen molar-refractivity contribution < 1.29 is 19.2 Å². The molecule has 0 aliphatic rings. The number of nitrogens with one attached hydrogen (secondary N) is 2. The Labute approximate surface area is 196 Å². The monoisotopic (exact) mass is 460 g/mol. The van der Waals surface area contributed by atoms with Gasteiger partial charge in [-0.1, -0.05) is 24.3 Å². The van der Waals surface area contributed by atoms with Crippen molar-refractivity contribution in [1.82, 2.24) is 5.43 Å². The number of anilines is 1. The number of hydrogen-bond acceptors (Lipinski definition) is 6. The summed E-state index contributed by atoms with van der Waals surface area (Å²) in [6.07, 6.45) is 0.214. The number of methoxy groups -OCH3 is 1. The topological polar surface area (TPSA) is 123 Å². The number of ether oxygens (including phenoxy) is 1. The van der Waals surface area contributed by atoms with Gasteiger partial charge in [0.15, 0.2) is 0 Å². The van der Waals surface area contributed by atoms with Crippen LogP contribution in [0.4, 0.5) is 11.4 Å². The molecule has 9 nitrogen and oxygen atoms in total. The van der Waals surface area contributed by atoms with Crippen molar-refractivity contribution in [2.75, 3.05) is 12.4 Å². The van der Waals surface area contributed by atoms with E-state index in [0.717, 1.165) is 11.3 Å². The lowest BCUT2D eigenvalue weighted by atomic mass is 10.1. The summed E-state index contributed by atoms with van der Waals surface area (Å²) in [6.45, 7) is 3.29. The highest BCUT2D eigenvalue weighted by Crippen LogP contribution is 2.19. The van der Waals surface area contributed by atoms with Crippen molar-refractivity contribution in [2.45, 2.75) is 20.3 Å². The van der Waals surface area contributed by atoms with Gasteiger partial charge in [-0.15, -0.1) is 0 Å². The smallest absolute Gasteiger partial charge is 0.272 e. The van der Waals surface area contributed by atoms with Crippen molar-refractivity contribution in [3.05, 3.63) is 99.1 Å². The van der Waals surface area contributed by atoms with Crippen LogP contribution in [0.1, 0.15) is 34.0 Å². The van der Waals surface area contributed by atoms with Gasteiger partial charge in [0, 0.05) is 22.9 Å². The minimum atomic E-state index is -0.498. The second-order valence-electron chi connectivity index (χ2n) is 7.55. The summed E-state index contributed by atoms with van der Waals surface area (Å²) in [7, 11) is 1.59. The number of hydrazone groups is 1. The van der Waals surface area contributed by atoms with Gasteiger partial charge in [0.2, 0.25) is 5.91 Å². The number of nitro benzene ring substituents is 1. The second kappa shape index (κ2) is 10.9. The Hall–Kier alpha value is -4.53. The third-order valence-corrected chi connectivity index (χ3v) is 5.07. The van der Waals surface area contributed by atoms with Crippen molar-refractivity contribution in [3.8, 4) is 5.75 Å². The molecule has 0 saturated carbocycles. The predicted molar refractivity (Wildman–Crippen MR) is 129 cm³/mol. The molecule has 0 aromatic heterocycles. The third-order valence-electron chi connectivity index (χ3n) is 5.07. The van der Waals surface area contributed by atoms with Crippen LogP contribution in [-0.2, 0) is 11.2 Å². The van der Waals surface area contributed by atoms with E-state index >= 15 is 0 Å². The summed E-state index contributed by atoms with van der Waals surface area (Å²) < 4.78 is 5.12. The Kier molecular flexibility index (Phi) is 7.71. The Morgan fingerprint density at radius 1 is 1.03 bits per heavy atom. The van der Waals surface area contributed by atoms with Gasteiger partial charge in [-0.3, -0.25) is 19.7 Å². The van der Waals surface area contributed by atoms with Gasteiger partial charge < -0.3 is 10.1 Å². The summed E-state index contributed by atoms with van der Waals surface area (Å²) in [4.78, 5) is 35.2. The maximum Gasteiger partial charge on any atom is 0.272 e. The molecule has 0 bridgehead atoms. The highest BCUT2D eigenvalue weighted by Gasteiger charge is 2.14. The fraction of sp³-hybridized carbons (Fsp3) is 0.160. The maximum atomic E-state index is 12.4. The van der Waals surface area contributed by atoms with Crippen molar-refractivity contribution in [2.24, 2.45) is 5.10 Å². The van der Waals surface area contributed by atoms with Crippen LogP contribution in [0, 0.1) is 17.0 Å². The standard InChI is InChI=1S/C25H24N4O5/c1-16-13-20(9-12-23(16)29(32)33)25(31)28-27-17(2)19-5-4-6-21(15-19)26-24(30)14-18-7-10-22(34-3)11-8-18/h4-13,15H,14H2,1-3H3,(H,26,30)(H,28,31)/b27-17-. The van der Waals surface area contributed by atoms with Crippen LogP contribution < -0.4 is 15.5 Å². The molecule has 3 rings (SSSR count). The van der Waals surface area contributed by atoms with Crippen LogP contribution in [0.25, 0.3) is 0 Å². The van der Waals surface area contributed by atoms with Crippen molar-refractivity contribution >= 4 is 28.9 Å². The van der Waals surface area contributed by atoms with E-state index in [1.807, 2.05) is 12.1 Å². The molecule has 3 aromatic rings. The number of carbonyl (C=O) groups is 2. The van der Waals surface area contributed by atoms with Crippen LogP contribution in [0.15, 0.2) is 71.8 Å². The van der Waals surface area contributed by atoms with Crippen LogP contribution >= 0.6 is 0 Å². The fourth-order valence-corrected chi connectivity index (χ4v) is 3.22. The molecule has 0 atom stereocenters. The average molecular weight is 460 g/mol. The zero-order chi connectivity index (χ0) is 24.7. The van der Waals surface area contributed by atoms with E-state index in [9.17, 15) is 19.7 Å². The molecule has 174 valence electrons. The van der Waals surface area contributed by atoms with Gasteiger partial charge >= 0.3 is 0 Å². The van der Waals surface area contributed by atoms with Crippen molar-refractivity contribution in [1.29, 1.82) is 0 Å². The molecule has 0 spiro atoms. The largest absolute Gasteiger partial charge is 0.497 e. The number of hydrogen-bond donors (Lipinski definition) is 2. The van der Waals surface area contributed by atoms with Gasteiger partial charge in [0.1, 0.15) is 5.75 Å². The van der Waals surface area contributed by atoms with Crippen LogP contribution in [0.5, 0.6) is 5.75 Å². The Balaban J connectivity index is 1.63. The summed E-state index contributed by atoms with van der Waals surface area (Å²) in [5.41, 5.74) is 5.75. The van der Waals surface area contributed by atoms with E-state index < -0.39 is 10.8 Å². The predicted octanol–water partition coefficient (Wildman–Crippen LogP) is 4.25. The van der Waals surface area contributed by atoms with Gasteiger partial charge in [0.25, 0.3) is 11.6 Å². The molecule has 0 heterocycles. The Morgan fingerprint density at radius 2 is 1.76 bits per heavy atom. The molecule has 0 unspecified atom stereocenters. The van der Waals surface area contributed by atoms with Crippen LogP contribution in [0.3, 0.4) is 0 Å². The van der Waals surface area contributed by atoms with E-state index in [1.165, 1.54) is 18.2 Å². The molecule has 0 saturated heterocycles. The first-order valence-corrected chi connectivity index (χ1v) is 10.4. The van der Waals surface area contributed by atoms with Crippen LogP contribution in [0.2, 0.25) is 0 Å². The maximum absolute atomic E-state index is 12.4. The lowest BCUT2D eigenvalue weighted by Crippen LogP contribution is -2.19. The first-order valence-electron chi connectivity index (χ1n) is 10.4. The van der Waals surface area contributed by atoms with E-state index in [2.05, 4.69) is 15.8 Å². The molecule has 2 amide bonds. The average Bonchev–Trinajstić information content (AvgIpc) is 2.82. The number of benzene rings is 3. The first-order chi connectivity index (χ1) is 16.3.